The molecule has 1 aliphatic rings. The SMILES string of the molecule is C=CCN1C(=O)C(=Cc2ccc(-c3ccc(Cl)c(C(=O)O)c3)o2)C(=O)NC1=S. The normalized spacial score (nSPS) is 15.7. The molecule has 0 radical (unpaired) electrons. The molecule has 0 unspecified atom stereocenters. The van der Waals surface area contributed by atoms with E-state index in [1.165, 1.54) is 29.2 Å². The number of carboxylic acids is 1. The van der Waals surface area contributed by atoms with E-state index in [0.717, 1.165) is 0 Å². The van der Waals surface area contributed by atoms with Crippen LogP contribution in [0.5, 0.6) is 0 Å². The molecule has 9 heteroatoms. The number of furan rings is 1. The number of benzene rings is 1. The molecular formula is C19H13ClN2O5S. The average Bonchev–Trinajstić information content (AvgIpc) is 3.11. The molecule has 1 aromatic carbocycles. The largest absolute Gasteiger partial charge is 0.478 e. The minimum absolute atomic E-state index is 0.00884. The lowest BCUT2D eigenvalue weighted by molar-refractivity contribution is -0.128. The summed E-state index contributed by atoms with van der Waals surface area (Å²) in [6.45, 7) is 3.71. The molecule has 28 heavy (non-hydrogen) atoms. The van der Waals surface area contributed by atoms with Gasteiger partial charge in [-0.15, -0.1) is 6.58 Å². The summed E-state index contributed by atoms with van der Waals surface area (Å²) in [5.41, 5.74) is 0.282. The maximum absolute atomic E-state index is 12.5. The maximum Gasteiger partial charge on any atom is 0.337 e. The number of rotatable bonds is 5. The van der Waals surface area contributed by atoms with Crippen LogP contribution in [0.4, 0.5) is 0 Å². The Morgan fingerprint density at radius 2 is 2.07 bits per heavy atom. The number of hydrogen-bond donors (Lipinski definition) is 2. The van der Waals surface area contributed by atoms with Crippen molar-refractivity contribution in [3.63, 3.8) is 0 Å². The van der Waals surface area contributed by atoms with E-state index in [-0.39, 0.29) is 33.6 Å². The van der Waals surface area contributed by atoms with Crippen LogP contribution in [0.15, 0.2) is 53.0 Å². The molecule has 2 N–H and O–H groups in total. The number of nitrogens with zero attached hydrogens (tertiary/aromatic N) is 1. The van der Waals surface area contributed by atoms with Gasteiger partial charge in [0.2, 0.25) is 0 Å². The molecule has 1 fully saturated rings. The van der Waals surface area contributed by atoms with Gasteiger partial charge >= 0.3 is 5.97 Å². The Morgan fingerprint density at radius 1 is 1.32 bits per heavy atom. The van der Waals surface area contributed by atoms with Gasteiger partial charge in [0, 0.05) is 12.1 Å². The van der Waals surface area contributed by atoms with Crippen molar-refractivity contribution in [1.29, 1.82) is 0 Å². The number of halogens is 1. The molecule has 1 saturated heterocycles. The highest BCUT2D eigenvalue weighted by Gasteiger charge is 2.32. The summed E-state index contributed by atoms with van der Waals surface area (Å²) in [6, 6.07) is 7.59. The first-order valence-electron chi connectivity index (χ1n) is 7.94. The van der Waals surface area contributed by atoms with Crippen LogP contribution >= 0.6 is 23.8 Å². The first-order valence-corrected chi connectivity index (χ1v) is 8.73. The van der Waals surface area contributed by atoms with Gasteiger partial charge in [0.05, 0.1) is 10.6 Å². The predicted octanol–water partition coefficient (Wildman–Crippen LogP) is 3.11. The minimum atomic E-state index is -1.16. The summed E-state index contributed by atoms with van der Waals surface area (Å²) in [5, 5.41) is 11.7. The molecule has 7 nitrogen and oxygen atoms in total. The second-order valence-corrected chi connectivity index (χ2v) is 6.52. The number of aromatic carboxylic acids is 1. The fourth-order valence-electron chi connectivity index (χ4n) is 2.56. The topological polar surface area (TPSA) is 99.8 Å². The van der Waals surface area contributed by atoms with Crippen molar-refractivity contribution >= 4 is 52.8 Å². The fraction of sp³-hybridized carbons (Fsp3) is 0.0526. The molecule has 0 bridgehead atoms. The van der Waals surface area contributed by atoms with Crippen LogP contribution in [0.3, 0.4) is 0 Å². The van der Waals surface area contributed by atoms with Gasteiger partial charge in [-0.3, -0.25) is 19.8 Å². The van der Waals surface area contributed by atoms with E-state index in [0.29, 0.717) is 11.3 Å². The number of carboxylic acid groups (broad SMARTS) is 1. The Kier molecular flexibility index (Phi) is 5.43. The van der Waals surface area contributed by atoms with Crippen LogP contribution in [0, 0.1) is 0 Å². The molecular weight excluding hydrogens is 404 g/mol. The molecule has 0 saturated carbocycles. The zero-order chi connectivity index (χ0) is 20.4. The van der Waals surface area contributed by atoms with Crippen LogP contribution in [0.25, 0.3) is 17.4 Å². The van der Waals surface area contributed by atoms with Gasteiger partial charge in [0.25, 0.3) is 11.8 Å². The van der Waals surface area contributed by atoms with Crippen molar-refractivity contribution < 1.29 is 23.9 Å². The molecule has 1 aromatic heterocycles. The van der Waals surface area contributed by atoms with E-state index in [1.54, 1.807) is 18.2 Å². The third-order valence-corrected chi connectivity index (χ3v) is 4.54. The van der Waals surface area contributed by atoms with Gasteiger partial charge in [0.1, 0.15) is 17.1 Å². The lowest BCUT2D eigenvalue weighted by Crippen LogP contribution is -2.53. The van der Waals surface area contributed by atoms with Gasteiger partial charge in [-0.1, -0.05) is 17.7 Å². The zero-order valence-electron chi connectivity index (χ0n) is 14.3. The van der Waals surface area contributed by atoms with Crippen molar-refractivity contribution in [3.05, 3.63) is 64.9 Å². The molecule has 3 rings (SSSR count). The van der Waals surface area contributed by atoms with Crippen LogP contribution in [0.1, 0.15) is 16.1 Å². The number of hydrogen-bond acceptors (Lipinski definition) is 5. The first-order chi connectivity index (χ1) is 13.3. The summed E-state index contributed by atoms with van der Waals surface area (Å²) >= 11 is 10.9. The lowest BCUT2D eigenvalue weighted by atomic mass is 10.1. The van der Waals surface area contributed by atoms with Gasteiger partial charge < -0.3 is 9.52 Å². The zero-order valence-corrected chi connectivity index (χ0v) is 15.8. The first kappa shape index (κ1) is 19.5. The van der Waals surface area contributed by atoms with E-state index in [9.17, 15) is 19.5 Å². The molecule has 2 heterocycles. The van der Waals surface area contributed by atoms with Crippen LogP contribution in [-0.4, -0.2) is 39.4 Å². The third-order valence-electron chi connectivity index (χ3n) is 3.89. The van der Waals surface area contributed by atoms with Gasteiger partial charge in [0.15, 0.2) is 5.11 Å². The monoisotopic (exact) mass is 416 g/mol. The van der Waals surface area contributed by atoms with Crippen LogP contribution in [-0.2, 0) is 9.59 Å². The molecule has 142 valence electrons. The van der Waals surface area contributed by atoms with E-state index in [4.69, 9.17) is 28.2 Å². The third kappa shape index (κ3) is 3.73. The number of carbonyl (C=O) groups is 3. The number of thiocarbonyl (C=S) groups is 1. The smallest absolute Gasteiger partial charge is 0.337 e. The van der Waals surface area contributed by atoms with E-state index >= 15 is 0 Å². The second-order valence-electron chi connectivity index (χ2n) is 5.72. The Morgan fingerprint density at radius 3 is 2.75 bits per heavy atom. The highest BCUT2D eigenvalue weighted by Crippen LogP contribution is 2.28. The van der Waals surface area contributed by atoms with Gasteiger partial charge in [-0.25, -0.2) is 4.79 Å². The van der Waals surface area contributed by atoms with Crippen molar-refractivity contribution in [1.82, 2.24) is 10.2 Å². The van der Waals surface area contributed by atoms with E-state index in [1.807, 2.05) is 0 Å². The summed E-state index contributed by atoms with van der Waals surface area (Å²) in [4.78, 5) is 37.1. The predicted molar refractivity (Wildman–Crippen MR) is 107 cm³/mol. The molecule has 2 aromatic rings. The Bertz CT molecular complexity index is 1060. The molecule has 0 atom stereocenters. The van der Waals surface area contributed by atoms with Crippen molar-refractivity contribution in [3.8, 4) is 11.3 Å². The number of carbonyl (C=O) groups excluding carboxylic acids is 2. The second kappa shape index (κ2) is 7.79. The fourth-order valence-corrected chi connectivity index (χ4v) is 3.01. The summed E-state index contributed by atoms with van der Waals surface area (Å²) in [5.74, 6) is -1.76. The minimum Gasteiger partial charge on any atom is -0.478 e. The van der Waals surface area contributed by atoms with E-state index in [2.05, 4.69) is 11.9 Å². The van der Waals surface area contributed by atoms with Gasteiger partial charge in [-0.05, 0) is 48.6 Å². The number of amides is 2. The Labute approximate surface area is 169 Å². The van der Waals surface area contributed by atoms with Crippen LogP contribution in [0.2, 0.25) is 5.02 Å². The summed E-state index contributed by atoms with van der Waals surface area (Å²) < 4.78 is 5.65. The molecule has 1 aliphatic heterocycles. The standard InChI is InChI=1S/C19H13ClN2O5S/c1-2-7-22-17(24)13(16(23)21-19(22)28)9-11-4-6-15(27-11)10-3-5-14(20)12(8-10)18(25)26/h2-6,8-9H,1,7H2,(H,25,26)(H,21,23,28). The van der Waals surface area contributed by atoms with Gasteiger partial charge in [-0.2, -0.15) is 0 Å². The highest BCUT2D eigenvalue weighted by molar-refractivity contribution is 7.80. The van der Waals surface area contributed by atoms with Crippen molar-refractivity contribution in [2.75, 3.05) is 6.54 Å². The summed E-state index contributed by atoms with van der Waals surface area (Å²) in [6.07, 6.45) is 2.79. The summed E-state index contributed by atoms with van der Waals surface area (Å²) in [7, 11) is 0. The Balaban J connectivity index is 1.94. The Hall–Kier alpha value is -3.23. The van der Waals surface area contributed by atoms with E-state index < -0.39 is 17.8 Å². The molecule has 0 aliphatic carbocycles. The van der Waals surface area contributed by atoms with Crippen molar-refractivity contribution in [2.45, 2.75) is 0 Å². The van der Waals surface area contributed by atoms with Crippen molar-refractivity contribution in [2.24, 2.45) is 0 Å². The van der Waals surface area contributed by atoms with Crippen LogP contribution < -0.4 is 5.32 Å². The molecule has 0 spiro atoms. The average molecular weight is 417 g/mol. The number of nitrogens with one attached hydrogen (secondary N) is 1. The lowest BCUT2D eigenvalue weighted by Gasteiger charge is -2.27. The maximum atomic E-state index is 12.5. The molecule has 2 amide bonds. The quantitative estimate of drug-likeness (QED) is 0.336. The highest BCUT2D eigenvalue weighted by atomic mass is 35.5.